The Labute approximate surface area is 148 Å². The Morgan fingerprint density at radius 1 is 1.24 bits per heavy atom. The van der Waals surface area contributed by atoms with Gasteiger partial charge in [0, 0.05) is 37.2 Å². The van der Waals surface area contributed by atoms with E-state index in [0.29, 0.717) is 19.1 Å². The number of carbonyl (C=O) groups excluding carboxylic acids is 1. The van der Waals surface area contributed by atoms with E-state index in [1.54, 1.807) is 11.1 Å². The van der Waals surface area contributed by atoms with Gasteiger partial charge >= 0.3 is 6.09 Å². The SMILES string of the molecule is CC(C)(C)OC(=O)N1CCC(Nc2cccc(-n3cccn3)c2)CC1. The molecule has 2 heterocycles. The number of amides is 1. The molecular formula is C19H26N4O2. The van der Waals surface area contributed by atoms with Crippen molar-refractivity contribution in [2.45, 2.75) is 45.3 Å². The Morgan fingerprint density at radius 3 is 2.64 bits per heavy atom. The molecule has 0 bridgehead atoms. The minimum absolute atomic E-state index is 0.216. The van der Waals surface area contributed by atoms with E-state index in [0.717, 1.165) is 24.2 Å². The van der Waals surface area contributed by atoms with Crippen LogP contribution >= 0.6 is 0 Å². The maximum atomic E-state index is 12.1. The molecule has 2 aromatic rings. The smallest absolute Gasteiger partial charge is 0.410 e. The first-order valence-electron chi connectivity index (χ1n) is 8.75. The van der Waals surface area contributed by atoms with Gasteiger partial charge in [0.05, 0.1) is 5.69 Å². The Hall–Kier alpha value is -2.50. The molecule has 3 rings (SSSR count). The quantitative estimate of drug-likeness (QED) is 0.924. The van der Waals surface area contributed by atoms with Gasteiger partial charge in [-0.05, 0) is 57.9 Å². The van der Waals surface area contributed by atoms with Crippen LogP contribution in [-0.2, 0) is 4.74 Å². The third-order valence-corrected chi connectivity index (χ3v) is 4.13. The van der Waals surface area contributed by atoms with Gasteiger partial charge in [-0.15, -0.1) is 0 Å². The van der Waals surface area contributed by atoms with Crippen LogP contribution in [0.4, 0.5) is 10.5 Å². The van der Waals surface area contributed by atoms with Crippen molar-refractivity contribution in [3.8, 4) is 5.69 Å². The fraction of sp³-hybridized carbons (Fsp3) is 0.474. The first-order chi connectivity index (χ1) is 11.9. The second kappa shape index (κ2) is 7.17. The van der Waals surface area contributed by atoms with Gasteiger partial charge in [0.25, 0.3) is 0 Å². The highest BCUT2D eigenvalue weighted by atomic mass is 16.6. The molecule has 1 saturated heterocycles. The fourth-order valence-corrected chi connectivity index (χ4v) is 2.93. The summed E-state index contributed by atoms with van der Waals surface area (Å²) in [7, 11) is 0. The summed E-state index contributed by atoms with van der Waals surface area (Å²) < 4.78 is 7.29. The fourth-order valence-electron chi connectivity index (χ4n) is 2.93. The molecule has 134 valence electrons. The largest absolute Gasteiger partial charge is 0.444 e. The maximum Gasteiger partial charge on any atom is 0.410 e. The van der Waals surface area contributed by atoms with Crippen LogP contribution in [0.15, 0.2) is 42.7 Å². The van der Waals surface area contributed by atoms with E-state index < -0.39 is 5.60 Å². The van der Waals surface area contributed by atoms with Crippen LogP contribution in [0, 0.1) is 0 Å². The van der Waals surface area contributed by atoms with Gasteiger partial charge in [-0.1, -0.05) is 6.07 Å². The average Bonchev–Trinajstić information content (AvgIpc) is 3.09. The van der Waals surface area contributed by atoms with Gasteiger partial charge in [0.2, 0.25) is 0 Å². The van der Waals surface area contributed by atoms with Crippen molar-refractivity contribution in [1.82, 2.24) is 14.7 Å². The highest BCUT2D eigenvalue weighted by molar-refractivity contribution is 5.68. The van der Waals surface area contributed by atoms with Gasteiger partial charge in [-0.3, -0.25) is 0 Å². The zero-order valence-electron chi connectivity index (χ0n) is 15.1. The summed E-state index contributed by atoms with van der Waals surface area (Å²) in [4.78, 5) is 13.9. The number of carbonyl (C=O) groups is 1. The van der Waals surface area contributed by atoms with Crippen LogP contribution in [0.5, 0.6) is 0 Å². The predicted octanol–water partition coefficient (Wildman–Crippen LogP) is 3.68. The minimum Gasteiger partial charge on any atom is -0.444 e. The molecule has 6 nitrogen and oxygen atoms in total. The predicted molar refractivity (Wildman–Crippen MR) is 98.0 cm³/mol. The van der Waals surface area contributed by atoms with Crippen LogP contribution in [0.25, 0.3) is 5.69 Å². The number of hydrogen-bond acceptors (Lipinski definition) is 4. The third kappa shape index (κ3) is 4.75. The molecule has 1 aliphatic rings. The molecule has 1 N–H and O–H groups in total. The van der Waals surface area contributed by atoms with E-state index in [1.807, 2.05) is 49.8 Å². The number of likely N-dealkylation sites (tertiary alicyclic amines) is 1. The Bertz CT molecular complexity index is 698. The molecule has 0 atom stereocenters. The molecular weight excluding hydrogens is 316 g/mol. The molecule has 0 spiro atoms. The number of nitrogens with zero attached hydrogens (tertiary/aromatic N) is 3. The number of anilines is 1. The summed E-state index contributed by atoms with van der Waals surface area (Å²) in [5.41, 5.74) is 1.66. The van der Waals surface area contributed by atoms with Crippen molar-refractivity contribution < 1.29 is 9.53 Å². The number of piperidine rings is 1. The van der Waals surface area contributed by atoms with Gasteiger partial charge in [0.1, 0.15) is 5.60 Å². The Kier molecular flexibility index (Phi) is 4.97. The van der Waals surface area contributed by atoms with Crippen molar-refractivity contribution in [2.24, 2.45) is 0 Å². The number of rotatable bonds is 3. The van der Waals surface area contributed by atoms with Crippen molar-refractivity contribution in [3.63, 3.8) is 0 Å². The summed E-state index contributed by atoms with van der Waals surface area (Å²) in [6.45, 7) is 7.11. The summed E-state index contributed by atoms with van der Waals surface area (Å²) in [5.74, 6) is 0. The van der Waals surface area contributed by atoms with Crippen LogP contribution in [0.3, 0.4) is 0 Å². The van der Waals surface area contributed by atoms with Gasteiger partial charge < -0.3 is 15.0 Å². The lowest BCUT2D eigenvalue weighted by Crippen LogP contribution is -2.44. The number of aromatic nitrogens is 2. The highest BCUT2D eigenvalue weighted by Crippen LogP contribution is 2.20. The summed E-state index contributed by atoms with van der Waals surface area (Å²) in [6.07, 6.45) is 5.30. The van der Waals surface area contributed by atoms with Gasteiger partial charge in [-0.25, -0.2) is 9.48 Å². The lowest BCUT2D eigenvalue weighted by atomic mass is 10.0. The second-order valence-corrected chi connectivity index (χ2v) is 7.39. The summed E-state index contributed by atoms with van der Waals surface area (Å²) >= 11 is 0. The van der Waals surface area contributed by atoms with Crippen molar-refractivity contribution in [1.29, 1.82) is 0 Å². The minimum atomic E-state index is -0.445. The lowest BCUT2D eigenvalue weighted by molar-refractivity contribution is 0.0210. The van der Waals surface area contributed by atoms with E-state index in [2.05, 4.69) is 22.5 Å². The highest BCUT2D eigenvalue weighted by Gasteiger charge is 2.26. The van der Waals surface area contributed by atoms with Gasteiger partial charge in [-0.2, -0.15) is 5.10 Å². The van der Waals surface area contributed by atoms with Crippen molar-refractivity contribution in [2.75, 3.05) is 18.4 Å². The molecule has 0 aliphatic carbocycles. The first kappa shape index (κ1) is 17.3. The van der Waals surface area contributed by atoms with Crippen LogP contribution in [-0.4, -0.2) is 45.5 Å². The molecule has 0 saturated carbocycles. The standard InChI is InChI=1S/C19H26N4O2/c1-19(2,3)25-18(24)22-12-8-15(9-13-22)21-16-6-4-7-17(14-16)23-11-5-10-20-23/h4-7,10-11,14-15,21H,8-9,12-13H2,1-3H3. The van der Waals surface area contributed by atoms with E-state index in [9.17, 15) is 4.79 Å². The van der Waals surface area contributed by atoms with E-state index in [-0.39, 0.29) is 6.09 Å². The number of hydrogen-bond donors (Lipinski definition) is 1. The van der Waals surface area contributed by atoms with E-state index in [4.69, 9.17) is 4.74 Å². The average molecular weight is 342 g/mol. The molecule has 1 fully saturated rings. The normalized spacial score (nSPS) is 15.9. The summed E-state index contributed by atoms with van der Waals surface area (Å²) in [6, 6.07) is 10.5. The molecule has 0 unspecified atom stereocenters. The topological polar surface area (TPSA) is 59.4 Å². The van der Waals surface area contributed by atoms with Crippen LogP contribution in [0.2, 0.25) is 0 Å². The molecule has 25 heavy (non-hydrogen) atoms. The number of benzene rings is 1. The number of ether oxygens (including phenoxy) is 1. The zero-order valence-corrected chi connectivity index (χ0v) is 15.1. The van der Waals surface area contributed by atoms with Crippen LogP contribution < -0.4 is 5.32 Å². The third-order valence-electron chi connectivity index (χ3n) is 4.13. The molecule has 1 aromatic carbocycles. The van der Waals surface area contributed by atoms with Crippen molar-refractivity contribution >= 4 is 11.8 Å². The van der Waals surface area contributed by atoms with E-state index >= 15 is 0 Å². The molecule has 6 heteroatoms. The second-order valence-electron chi connectivity index (χ2n) is 7.39. The molecule has 1 amide bonds. The molecule has 0 radical (unpaired) electrons. The lowest BCUT2D eigenvalue weighted by Gasteiger charge is -2.34. The summed E-state index contributed by atoms with van der Waals surface area (Å²) in [5, 5.41) is 7.83. The maximum absolute atomic E-state index is 12.1. The Morgan fingerprint density at radius 2 is 2.00 bits per heavy atom. The van der Waals surface area contributed by atoms with E-state index in [1.165, 1.54) is 0 Å². The van der Waals surface area contributed by atoms with Crippen molar-refractivity contribution in [3.05, 3.63) is 42.7 Å². The zero-order chi connectivity index (χ0) is 17.9. The molecule has 1 aromatic heterocycles. The van der Waals surface area contributed by atoms with Gasteiger partial charge in [0.15, 0.2) is 0 Å². The number of nitrogens with one attached hydrogen (secondary N) is 1. The van der Waals surface area contributed by atoms with Crippen LogP contribution in [0.1, 0.15) is 33.6 Å². The Balaban J connectivity index is 1.54. The first-order valence-corrected chi connectivity index (χ1v) is 8.75. The monoisotopic (exact) mass is 342 g/mol. The molecule has 1 aliphatic heterocycles.